The third-order valence-corrected chi connectivity index (χ3v) is 5.79. The van der Waals surface area contributed by atoms with E-state index in [1.807, 2.05) is 13.8 Å². The first-order valence-corrected chi connectivity index (χ1v) is 11.8. The number of nitrogens with zero attached hydrogens (tertiary/aromatic N) is 1. The van der Waals surface area contributed by atoms with E-state index in [0.29, 0.717) is 30.1 Å². The molecule has 1 unspecified atom stereocenters. The van der Waals surface area contributed by atoms with E-state index < -0.39 is 29.3 Å². The van der Waals surface area contributed by atoms with Crippen molar-refractivity contribution < 1.29 is 32.2 Å². The van der Waals surface area contributed by atoms with E-state index in [4.69, 9.17) is 9.47 Å². The molecule has 2 heterocycles. The van der Waals surface area contributed by atoms with Gasteiger partial charge in [-0.1, -0.05) is 12.1 Å². The Morgan fingerprint density at radius 2 is 1.74 bits per heavy atom. The maximum Gasteiger partial charge on any atom is 0.416 e. The topological polar surface area (TPSA) is 102 Å². The van der Waals surface area contributed by atoms with Gasteiger partial charge in [0.1, 0.15) is 6.10 Å². The van der Waals surface area contributed by atoms with Crippen molar-refractivity contribution in [3.63, 3.8) is 0 Å². The molecule has 1 saturated heterocycles. The normalized spacial score (nSPS) is 16.6. The lowest BCUT2D eigenvalue weighted by Gasteiger charge is -2.17. The number of carbonyl (C=O) groups excluding carboxylic acids is 2. The lowest BCUT2D eigenvalue weighted by Crippen LogP contribution is -2.26. The molecule has 1 aromatic heterocycles. The molecule has 0 aliphatic carbocycles. The number of hydrogen-bond donors (Lipinski definition) is 3. The van der Waals surface area contributed by atoms with E-state index in [1.165, 1.54) is 18.3 Å². The Labute approximate surface area is 217 Å². The third-order valence-electron chi connectivity index (χ3n) is 5.79. The van der Waals surface area contributed by atoms with Crippen molar-refractivity contribution in [2.24, 2.45) is 0 Å². The summed E-state index contributed by atoms with van der Waals surface area (Å²) in [5.41, 5.74) is 1.23. The highest BCUT2D eigenvalue weighted by Gasteiger charge is 2.32. The Balaban J connectivity index is 1.41. The first-order chi connectivity index (χ1) is 17.9. The van der Waals surface area contributed by atoms with Gasteiger partial charge in [0.2, 0.25) is 0 Å². The van der Waals surface area contributed by atoms with E-state index in [9.17, 15) is 22.8 Å². The minimum Gasteiger partial charge on any atom is -0.381 e. The van der Waals surface area contributed by atoms with Gasteiger partial charge >= 0.3 is 6.18 Å². The average molecular weight is 529 g/mol. The largest absolute Gasteiger partial charge is 0.416 e. The molecule has 8 nitrogen and oxygen atoms in total. The zero-order valence-electron chi connectivity index (χ0n) is 21.0. The average Bonchev–Trinajstić information content (AvgIpc) is 3.22. The van der Waals surface area contributed by atoms with E-state index in [-0.39, 0.29) is 22.9 Å². The summed E-state index contributed by atoms with van der Waals surface area (Å²) in [6.45, 7) is 6.38. The summed E-state index contributed by atoms with van der Waals surface area (Å²) in [5.74, 6) is -1.79. The van der Waals surface area contributed by atoms with Crippen LogP contribution in [0.4, 0.5) is 30.2 Å². The summed E-state index contributed by atoms with van der Waals surface area (Å²) in [7, 11) is 0. The molecule has 200 valence electrons. The van der Waals surface area contributed by atoms with Crippen molar-refractivity contribution in [1.82, 2.24) is 4.98 Å². The second kappa shape index (κ2) is 10.8. The monoisotopic (exact) mass is 528 g/mol. The van der Waals surface area contributed by atoms with E-state index in [1.54, 1.807) is 31.3 Å². The molecule has 1 fully saturated rings. The Bertz CT molecular complexity index is 1340. The van der Waals surface area contributed by atoms with Gasteiger partial charge in [0.25, 0.3) is 11.8 Å². The molecule has 0 radical (unpaired) electrons. The number of alkyl halides is 3. The van der Waals surface area contributed by atoms with Crippen molar-refractivity contribution in [1.29, 1.82) is 0 Å². The maximum atomic E-state index is 13.0. The van der Waals surface area contributed by atoms with Crippen LogP contribution in [-0.4, -0.2) is 41.8 Å². The Morgan fingerprint density at radius 1 is 1.00 bits per heavy atom. The summed E-state index contributed by atoms with van der Waals surface area (Å²) in [6, 6.07) is 10.5. The minimum atomic E-state index is -4.57. The molecule has 0 bridgehead atoms. The molecule has 1 aliphatic heterocycles. The summed E-state index contributed by atoms with van der Waals surface area (Å²) >= 11 is 0. The number of aryl methyl sites for hydroxylation is 1. The molecule has 4 rings (SSSR count). The number of amides is 2. The third kappa shape index (κ3) is 6.87. The lowest BCUT2D eigenvalue weighted by molar-refractivity contribution is -0.137. The minimum absolute atomic E-state index is 0.125. The van der Waals surface area contributed by atoms with Gasteiger partial charge in [-0.05, 0) is 62.7 Å². The van der Waals surface area contributed by atoms with Gasteiger partial charge in [-0.15, -0.1) is 0 Å². The highest BCUT2D eigenvalue weighted by Crippen LogP contribution is 2.30. The molecule has 2 aromatic carbocycles. The Kier molecular flexibility index (Phi) is 7.70. The molecule has 0 spiro atoms. The predicted octanol–water partition coefficient (Wildman–Crippen LogP) is 5.48. The van der Waals surface area contributed by atoms with Gasteiger partial charge in [-0.3, -0.25) is 14.6 Å². The number of halogens is 3. The lowest BCUT2D eigenvalue weighted by atomic mass is 10.1. The molecule has 3 N–H and O–H groups in total. The molecule has 0 saturated carbocycles. The second-order valence-corrected chi connectivity index (χ2v) is 9.31. The summed E-state index contributed by atoms with van der Waals surface area (Å²) < 4.78 is 50.3. The van der Waals surface area contributed by atoms with Gasteiger partial charge in [-0.25, -0.2) is 0 Å². The van der Waals surface area contributed by atoms with Crippen LogP contribution in [0.2, 0.25) is 0 Å². The molecule has 11 heteroatoms. The molecule has 1 aliphatic rings. The number of anilines is 3. The van der Waals surface area contributed by atoms with Crippen LogP contribution in [0, 0.1) is 6.92 Å². The number of hydrogen-bond acceptors (Lipinski definition) is 6. The predicted molar refractivity (Wildman–Crippen MR) is 136 cm³/mol. The van der Waals surface area contributed by atoms with Crippen molar-refractivity contribution in [3.8, 4) is 0 Å². The number of aromatic nitrogens is 1. The summed E-state index contributed by atoms with van der Waals surface area (Å²) in [5, 5.41) is 8.54. The highest BCUT2D eigenvalue weighted by atomic mass is 19.4. The molecular formula is C27H27F3N4O4. The number of nitrogens with one attached hydrogen (secondary N) is 3. The van der Waals surface area contributed by atoms with Crippen LogP contribution in [0.5, 0.6) is 0 Å². The number of carbonyl (C=O) groups is 2. The molecular weight excluding hydrogens is 501 g/mol. The summed E-state index contributed by atoms with van der Waals surface area (Å²) in [6.07, 6.45) is -1.58. The number of pyridine rings is 1. The SMILES string of the molecule is Cc1ccc(NC(=O)c2cccc(C(F)(F)F)c2)cc1C(=O)Nc1cncc(NCC2COC(C)(C)O2)c1. The highest BCUT2D eigenvalue weighted by molar-refractivity contribution is 6.08. The van der Waals surface area contributed by atoms with Gasteiger partial charge in [0.15, 0.2) is 5.79 Å². The fourth-order valence-electron chi connectivity index (χ4n) is 3.88. The van der Waals surface area contributed by atoms with Gasteiger partial charge in [0.05, 0.1) is 35.9 Å². The van der Waals surface area contributed by atoms with E-state index >= 15 is 0 Å². The van der Waals surface area contributed by atoms with Crippen molar-refractivity contribution in [2.75, 3.05) is 29.1 Å². The van der Waals surface area contributed by atoms with Crippen LogP contribution in [0.25, 0.3) is 0 Å². The summed E-state index contributed by atoms with van der Waals surface area (Å²) in [4.78, 5) is 29.7. The molecule has 1 atom stereocenters. The fourth-order valence-corrected chi connectivity index (χ4v) is 3.88. The number of rotatable bonds is 7. The molecule has 2 amide bonds. The first-order valence-electron chi connectivity index (χ1n) is 11.8. The smallest absolute Gasteiger partial charge is 0.381 e. The maximum absolute atomic E-state index is 13.0. The number of ether oxygens (including phenoxy) is 2. The van der Waals surface area contributed by atoms with Crippen LogP contribution in [0.15, 0.2) is 60.9 Å². The van der Waals surface area contributed by atoms with Crippen LogP contribution in [0.3, 0.4) is 0 Å². The molecule has 38 heavy (non-hydrogen) atoms. The fraction of sp³-hybridized carbons (Fsp3) is 0.296. The standard InChI is InChI=1S/C27H27F3N4O4/c1-16-7-8-19(33-24(35)17-5-4-6-18(9-17)27(28,29)30)11-23(16)25(36)34-21-10-20(12-31-13-21)32-14-22-15-37-26(2,3)38-22/h4-13,22,32H,14-15H2,1-3H3,(H,33,35)(H,34,36). The zero-order chi connectivity index (χ0) is 27.5. The van der Waals surface area contributed by atoms with Gasteiger partial charge < -0.3 is 25.4 Å². The van der Waals surface area contributed by atoms with Crippen LogP contribution >= 0.6 is 0 Å². The van der Waals surface area contributed by atoms with Crippen LogP contribution < -0.4 is 16.0 Å². The Hall–Kier alpha value is -3.96. The van der Waals surface area contributed by atoms with E-state index in [2.05, 4.69) is 20.9 Å². The van der Waals surface area contributed by atoms with Crippen molar-refractivity contribution >= 4 is 28.9 Å². The first kappa shape index (κ1) is 27.1. The number of benzene rings is 2. The van der Waals surface area contributed by atoms with Crippen LogP contribution in [0.1, 0.15) is 45.7 Å². The van der Waals surface area contributed by atoms with Gasteiger partial charge in [0, 0.05) is 23.4 Å². The second-order valence-electron chi connectivity index (χ2n) is 9.31. The van der Waals surface area contributed by atoms with Crippen molar-refractivity contribution in [2.45, 2.75) is 38.8 Å². The molecule has 3 aromatic rings. The van der Waals surface area contributed by atoms with Crippen molar-refractivity contribution in [3.05, 3.63) is 83.2 Å². The quantitative estimate of drug-likeness (QED) is 0.376. The zero-order valence-corrected chi connectivity index (χ0v) is 21.0. The van der Waals surface area contributed by atoms with E-state index in [0.717, 1.165) is 18.2 Å². The Morgan fingerprint density at radius 3 is 2.45 bits per heavy atom. The van der Waals surface area contributed by atoms with Crippen LogP contribution in [-0.2, 0) is 15.7 Å². The van der Waals surface area contributed by atoms with Gasteiger partial charge in [-0.2, -0.15) is 13.2 Å².